The Hall–Kier alpha value is -0.740. The Balaban J connectivity index is 1.48. The first-order chi connectivity index (χ1) is 15.2. The lowest BCUT2D eigenvalue weighted by Gasteiger charge is -2.57. The second-order valence-electron chi connectivity index (χ2n) is 13.1. The molecule has 3 fully saturated rings. The van der Waals surface area contributed by atoms with Crippen LogP contribution in [0.4, 0.5) is 0 Å². The number of fused-ring (bicyclic) bond motifs is 4. The average Bonchev–Trinajstić information content (AvgIpc) is 3.12. The van der Waals surface area contributed by atoms with Gasteiger partial charge in [-0.2, -0.15) is 0 Å². The molecule has 8 atom stereocenters. The minimum absolute atomic E-state index is 0.400. The number of hydrogen-bond acceptors (Lipinski definition) is 1. The maximum Gasteiger partial charge on any atom is 0.107 e. The number of terminal acetylenes is 1. The highest BCUT2D eigenvalue weighted by atomic mass is 16.5. The Morgan fingerprint density at radius 3 is 2.50 bits per heavy atom. The summed E-state index contributed by atoms with van der Waals surface area (Å²) >= 11 is 0. The molecule has 0 aromatic carbocycles. The summed E-state index contributed by atoms with van der Waals surface area (Å²) in [5.41, 5.74) is 4.86. The Labute approximate surface area is 199 Å². The van der Waals surface area contributed by atoms with Gasteiger partial charge in [0, 0.05) is 0 Å². The number of hydrogen-bond donors (Lipinski definition) is 0. The molecule has 0 radical (unpaired) electrons. The number of rotatable bonds is 7. The van der Waals surface area contributed by atoms with E-state index in [1.165, 1.54) is 70.6 Å². The van der Waals surface area contributed by atoms with E-state index in [0.717, 1.165) is 35.5 Å². The number of allylic oxidation sites excluding steroid dienone is 2. The smallest absolute Gasteiger partial charge is 0.107 e. The van der Waals surface area contributed by atoms with Crippen LogP contribution in [0.2, 0.25) is 0 Å². The van der Waals surface area contributed by atoms with Crippen LogP contribution in [0.5, 0.6) is 0 Å². The third kappa shape index (κ3) is 4.24. The van der Waals surface area contributed by atoms with Gasteiger partial charge in [-0.05, 0) is 104 Å². The summed E-state index contributed by atoms with van der Waals surface area (Å²) in [5, 5.41) is 0. The van der Waals surface area contributed by atoms with Gasteiger partial charge in [0.05, 0.1) is 6.10 Å². The molecule has 4 rings (SSSR count). The van der Waals surface area contributed by atoms with Gasteiger partial charge in [0.25, 0.3) is 0 Å². The van der Waals surface area contributed by atoms with Crippen LogP contribution in [0.15, 0.2) is 11.1 Å². The normalized spacial score (nSPS) is 40.9. The van der Waals surface area contributed by atoms with Crippen molar-refractivity contribution in [2.75, 3.05) is 6.61 Å². The molecule has 32 heavy (non-hydrogen) atoms. The molecule has 0 saturated heterocycles. The molecule has 3 saturated carbocycles. The molecule has 4 aliphatic carbocycles. The predicted octanol–water partition coefficient (Wildman–Crippen LogP) is 8.44. The summed E-state index contributed by atoms with van der Waals surface area (Å²) in [6.07, 6.45) is 20.9. The van der Waals surface area contributed by atoms with Gasteiger partial charge in [-0.1, -0.05) is 71.5 Å². The minimum atomic E-state index is 0.400. The topological polar surface area (TPSA) is 9.23 Å². The molecular weight excluding hydrogens is 388 g/mol. The van der Waals surface area contributed by atoms with Gasteiger partial charge in [0.15, 0.2) is 0 Å². The molecular formula is C31H50O. The number of ether oxygens (including phenoxy) is 1. The Morgan fingerprint density at radius 2 is 1.78 bits per heavy atom. The van der Waals surface area contributed by atoms with Gasteiger partial charge >= 0.3 is 0 Å². The summed E-state index contributed by atoms with van der Waals surface area (Å²) in [5.74, 6) is 7.79. The first-order valence-corrected chi connectivity index (χ1v) is 14.0. The van der Waals surface area contributed by atoms with Crippen molar-refractivity contribution in [3.05, 3.63) is 11.1 Å². The van der Waals surface area contributed by atoms with E-state index < -0.39 is 0 Å². The van der Waals surface area contributed by atoms with E-state index in [-0.39, 0.29) is 0 Å². The van der Waals surface area contributed by atoms with Gasteiger partial charge in [0.1, 0.15) is 6.61 Å². The van der Waals surface area contributed by atoms with Gasteiger partial charge in [0.2, 0.25) is 0 Å². The third-order valence-electron chi connectivity index (χ3n) is 11.3. The van der Waals surface area contributed by atoms with Crippen molar-refractivity contribution < 1.29 is 4.74 Å². The first kappa shape index (κ1) is 24.4. The van der Waals surface area contributed by atoms with Gasteiger partial charge < -0.3 is 4.74 Å². The summed E-state index contributed by atoms with van der Waals surface area (Å²) < 4.78 is 5.99. The second kappa shape index (κ2) is 9.49. The van der Waals surface area contributed by atoms with Gasteiger partial charge in [-0.25, -0.2) is 0 Å². The molecule has 180 valence electrons. The van der Waals surface area contributed by atoms with Crippen molar-refractivity contribution >= 4 is 0 Å². The molecule has 0 heterocycles. The molecule has 0 amide bonds. The van der Waals surface area contributed by atoms with Crippen LogP contribution in [-0.4, -0.2) is 12.7 Å². The Kier molecular flexibility index (Phi) is 7.23. The van der Waals surface area contributed by atoms with Crippen LogP contribution < -0.4 is 0 Å². The predicted molar refractivity (Wildman–Crippen MR) is 136 cm³/mol. The van der Waals surface area contributed by atoms with Crippen molar-refractivity contribution in [1.29, 1.82) is 0 Å². The van der Waals surface area contributed by atoms with Crippen molar-refractivity contribution in [2.24, 2.45) is 46.3 Å². The highest BCUT2D eigenvalue weighted by Gasteiger charge is 2.55. The molecule has 0 aromatic heterocycles. The van der Waals surface area contributed by atoms with E-state index in [1.54, 1.807) is 0 Å². The van der Waals surface area contributed by atoms with E-state index in [0.29, 0.717) is 23.5 Å². The van der Waals surface area contributed by atoms with E-state index in [4.69, 9.17) is 11.2 Å². The Bertz CT molecular complexity index is 740. The lowest BCUT2D eigenvalue weighted by Crippen LogP contribution is -2.48. The van der Waals surface area contributed by atoms with Gasteiger partial charge in [-0.15, -0.1) is 6.42 Å². The van der Waals surface area contributed by atoms with Crippen LogP contribution >= 0.6 is 0 Å². The SMILES string of the molecule is C#CCO[C@H]1CC[C@@]2(C)C(CCC3=C4CC[C@H]([C@H](C)CC[C@H](C)C(C)C)[C@@]4(C)CC[C@@H]32)C1. The molecule has 0 N–H and O–H groups in total. The zero-order chi connectivity index (χ0) is 23.1. The van der Waals surface area contributed by atoms with E-state index in [1.807, 2.05) is 11.1 Å². The van der Waals surface area contributed by atoms with Crippen LogP contribution in [0.25, 0.3) is 0 Å². The standard InChI is InChI=1S/C31H50O/c1-8-19-32-25-15-17-30(6)24(20-25)11-12-26-28-14-13-27(31(28,7)18-16-29(26)30)23(5)10-9-22(4)21(2)3/h1,21-25,27,29H,9-20H2,2-7H3/t22-,23+,24?,25-,27+,29-,30-,31+/m0/s1. The Morgan fingerprint density at radius 1 is 1.00 bits per heavy atom. The zero-order valence-corrected chi connectivity index (χ0v) is 22.0. The largest absolute Gasteiger partial charge is 0.366 e. The van der Waals surface area contributed by atoms with Crippen molar-refractivity contribution in [1.82, 2.24) is 0 Å². The van der Waals surface area contributed by atoms with Crippen molar-refractivity contribution in [2.45, 2.75) is 118 Å². The lowest BCUT2D eigenvalue weighted by atomic mass is 9.48. The second-order valence-corrected chi connectivity index (χ2v) is 13.1. The lowest BCUT2D eigenvalue weighted by molar-refractivity contribution is -0.0587. The fourth-order valence-corrected chi connectivity index (χ4v) is 8.78. The minimum Gasteiger partial charge on any atom is -0.366 e. The van der Waals surface area contributed by atoms with Crippen LogP contribution in [-0.2, 0) is 4.74 Å². The molecule has 0 spiro atoms. The zero-order valence-electron chi connectivity index (χ0n) is 22.0. The van der Waals surface area contributed by atoms with E-state index in [9.17, 15) is 0 Å². The summed E-state index contributed by atoms with van der Waals surface area (Å²) in [6.45, 7) is 15.6. The van der Waals surface area contributed by atoms with Crippen LogP contribution in [0.3, 0.4) is 0 Å². The van der Waals surface area contributed by atoms with E-state index in [2.05, 4.69) is 47.5 Å². The molecule has 1 unspecified atom stereocenters. The van der Waals surface area contributed by atoms with Crippen LogP contribution in [0.1, 0.15) is 112 Å². The van der Waals surface area contributed by atoms with Crippen LogP contribution in [0, 0.1) is 58.7 Å². The highest BCUT2D eigenvalue weighted by Crippen LogP contribution is 2.66. The molecule has 0 aromatic rings. The highest BCUT2D eigenvalue weighted by molar-refractivity contribution is 5.34. The maximum absolute atomic E-state index is 5.99. The van der Waals surface area contributed by atoms with E-state index >= 15 is 0 Å². The fraction of sp³-hybridized carbons (Fsp3) is 0.871. The quantitative estimate of drug-likeness (QED) is 0.286. The summed E-state index contributed by atoms with van der Waals surface area (Å²) in [7, 11) is 0. The monoisotopic (exact) mass is 438 g/mol. The van der Waals surface area contributed by atoms with Gasteiger partial charge in [-0.3, -0.25) is 0 Å². The molecule has 0 aliphatic heterocycles. The molecule has 1 heteroatoms. The summed E-state index contributed by atoms with van der Waals surface area (Å²) in [4.78, 5) is 0. The van der Waals surface area contributed by atoms with Crippen molar-refractivity contribution in [3.63, 3.8) is 0 Å². The first-order valence-electron chi connectivity index (χ1n) is 14.0. The van der Waals surface area contributed by atoms with Crippen molar-refractivity contribution in [3.8, 4) is 12.3 Å². The average molecular weight is 439 g/mol. The third-order valence-corrected chi connectivity index (χ3v) is 11.3. The molecule has 1 nitrogen and oxygen atoms in total. The summed E-state index contributed by atoms with van der Waals surface area (Å²) in [6, 6.07) is 0. The fourth-order valence-electron chi connectivity index (χ4n) is 8.78. The molecule has 0 bridgehead atoms. The maximum atomic E-state index is 5.99. The molecule has 4 aliphatic rings.